The summed E-state index contributed by atoms with van der Waals surface area (Å²) in [6, 6.07) is 6.85. The van der Waals surface area contributed by atoms with Crippen LogP contribution in [0.15, 0.2) is 35.0 Å². The maximum Gasteiger partial charge on any atom is 0.292 e. The standard InChI is InChI=1S/C21H20F2N6O3/c1-10-4-3-5-12-8-14(27-29(10)12)17-15-13(24-9-25-15)6-7-28(17)21(31)18-16(19(22)23)26-20(32-18)11(2)30/h3-5,8-9,11,17,19,30H,6-7H2,1-2H3,(H,24,25)/t11-,17+/m0/s1. The third-order valence-electron chi connectivity index (χ3n) is 5.59. The number of imidazole rings is 1. The molecule has 1 aliphatic rings. The number of pyridine rings is 1. The number of nitrogens with one attached hydrogen (secondary N) is 1. The molecule has 32 heavy (non-hydrogen) atoms. The Labute approximate surface area is 180 Å². The first-order valence-electron chi connectivity index (χ1n) is 10.1. The Morgan fingerprint density at radius 2 is 2.19 bits per heavy atom. The Kier molecular flexibility index (Phi) is 4.77. The van der Waals surface area contributed by atoms with Crippen molar-refractivity contribution in [1.29, 1.82) is 0 Å². The molecule has 0 aromatic carbocycles. The van der Waals surface area contributed by atoms with E-state index in [1.807, 2.05) is 31.2 Å². The quantitative estimate of drug-likeness (QED) is 0.502. The van der Waals surface area contributed by atoms with Crippen molar-refractivity contribution in [3.8, 4) is 0 Å². The summed E-state index contributed by atoms with van der Waals surface area (Å²) >= 11 is 0. The number of aromatic amines is 1. The zero-order valence-electron chi connectivity index (χ0n) is 17.3. The van der Waals surface area contributed by atoms with Gasteiger partial charge >= 0.3 is 0 Å². The molecule has 1 amide bonds. The molecule has 2 atom stereocenters. The minimum Gasteiger partial charge on any atom is -0.432 e. The molecule has 0 fully saturated rings. The van der Waals surface area contributed by atoms with Gasteiger partial charge in [-0.15, -0.1) is 0 Å². The second kappa shape index (κ2) is 7.52. The number of nitrogens with zero attached hydrogens (tertiary/aromatic N) is 5. The number of carbonyl (C=O) groups is 1. The highest BCUT2D eigenvalue weighted by molar-refractivity contribution is 5.93. The number of aryl methyl sites for hydroxylation is 1. The average molecular weight is 442 g/mol. The molecule has 4 aromatic heterocycles. The number of H-pyrrole nitrogens is 1. The van der Waals surface area contributed by atoms with Gasteiger partial charge in [0.1, 0.15) is 12.1 Å². The smallest absolute Gasteiger partial charge is 0.292 e. The number of hydrogen-bond donors (Lipinski definition) is 2. The first-order valence-corrected chi connectivity index (χ1v) is 10.1. The summed E-state index contributed by atoms with van der Waals surface area (Å²) in [5, 5.41) is 14.4. The molecule has 0 saturated heterocycles. The van der Waals surface area contributed by atoms with Crippen molar-refractivity contribution in [1.82, 2.24) is 29.5 Å². The van der Waals surface area contributed by atoms with Gasteiger partial charge in [0.05, 0.1) is 23.2 Å². The molecule has 11 heteroatoms. The lowest BCUT2D eigenvalue weighted by molar-refractivity contribution is 0.0631. The maximum absolute atomic E-state index is 13.6. The van der Waals surface area contributed by atoms with Gasteiger partial charge in [0, 0.05) is 24.4 Å². The first-order chi connectivity index (χ1) is 15.3. The van der Waals surface area contributed by atoms with E-state index in [2.05, 4.69) is 20.1 Å². The minimum absolute atomic E-state index is 0.235. The van der Waals surface area contributed by atoms with E-state index in [0.29, 0.717) is 17.8 Å². The molecule has 5 rings (SSSR count). The molecule has 166 valence electrons. The van der Waals surface area contributed by atoms with Gasteiger partial charge in [-0.1, -0.05) is 6.07 Å². The van der Waals surface area contributed by atoms with Gasteiger partial charge in [-0.2, -0.15) is 5.10 Å². The summed E-state index contributed by atoms with van der Waals surface area (Å²) in [6.45, 7) is 3.47. The Hall–Kier alpha value is -3.60. The summed E-state index contributed by atoms with van der Waals surface area (Å²) in [6.07, 6.45) is -2.26. The fourth-order valence-electron chi connectivity index (χ4n) is 4.06. The van der Waals surface area contributed by atoms with Crippen LogP contribution in [0.25, 0.3) is 5.52 Å². The van der Waals surface area contributed by atoms with E-state index < -0.39 is 35.9 Å². The molecular formula is C21H20F2N6O3. The van der Waals surface area contributed by atoms with E-state index in [-0.39, 0.29) is 12.4 Å². The molecule has 0 bridgehead atoms. The minimum atomic E-state index is -3.03. The molecule has 0 aliphatic carbocycles. The van der Waals surface area contributed by atoms with Gasteiger partial charge < -0.3 is 19.4 Å². The van der Waals surface area contributed by atoms with Crippen LogP contribution in [0.2, 0.25) is 0 Å². The molecule has 0 spiro atoms. The van der Waals surface area contributed by atoms with Crippen molar-refractivity contribution < 1.29 is 23.1 Å². The maximum atomic E-state index is 13.6. The number of amides is 1. The molecule has 1 aliphatic heterocycles. The fourth-order valence-corrected chi connectivity index (χ4v) is 4.06. The summed E-state index contributed by atoms with van der Waals surface area (Å²) in [5.74, 6) is -1.67. The largest absolute Gasteiger partial charge is 0.432 e. The number of halogens is 2. The van der Waals surface area contributed by atoms with Gasteiger partial charge in [-0.3, -0.25) is 4.79 Å². The number of aliphatic hydroxyl groups excluding tert-OH is 1. The number of aliphatic hydroxyl groups is 1. The van der Waals surface area contributed by atoms with E-state index in [1.54, 1.807) is 4.52 Å². The molecule has 9 nitrogen and oxygen atoms in total. The number of fused-ring (bicyclic) bond motifs is 2. The van der Waals surface area contributed by atoms with E-state index >= 15 is 0 Å². The lowest BCUT2D eigenvalue weighted by Gasteiger charge is -2.33. The van der Waals surface area contributed by atoms with E-state index in [1.165, 1.54) is 18.2 Å². The number of alkyl halides is 2. The number of oxazole rings is 1. The normalized spacial score (nSPS) is 17.2. The lowest BCUT2D eigenvalue weighted by Crippen LogP contribution is -2.41. The predicted octanol–water partition coefficient (Wildman–Crippen LogP) is 3.13. The molecule has 0 saturated carbocycles. The number of aromatic nitrogens is 5. The summed E-state index contributed by atoms with van der Waals surface area (Å²) < 4.78 is 34.3. The van der Waals surface area contributed by atoms with Gasteiger partial charge in [-0.25, -0.2) is 23.3 Å². The van der Waals surface area contributed by atoms with Crippen LogP contribution in [0.3, 0.4) is 0 Å². The van der Waals surface area contributed by atoms with Crippen molar-refractivity contribution in [2.75, 3.05) is 6.54 Å². The van der Waals surface area contributed by atoms with Crippen LogP contribution in [0, 0.1) is 6.92 Å². The summed E-state index contributed by atoms with van der Waals surface area (Å²) in [7, 11) is 0. The van der Waals surface area contributed by atoms with Crippen LogP contribution in [-0.2, 0) is 6.42 Å². The monoisotopic (exact) mass is 442 g/mol. The van der Waals surface area contributed by atoms with Crippen molar-refractivity contribution in [3.05, 3.63) is 70.7 Å². The van der Waals surface area contributed by atoms with E-state index in [4.69, 9.17) is 4.42 Å². The Morgan fingerprint density at radius 1 is 1.38 bits per heavy atom. The number of hydrogen-bond acceptors (Lipinski definition) is 6. The zero-order chi connectivity index (χ0) is 22.6. The third kappa shape index (κ3) is 3.16. The predicted molar refractivity (Wildman–Crippen MR) is 107 cm³/mol. The van der Waals surface area contributed by atoms with Crippen LogP contribution in [0.1, 0.15) is 70.4 Å². The van der Waals surface area contributed by atoms with Crippen molar-refractivity contribution >= 4 is 11.4 Å². The highest BCUT2D eigenvalue weighted by atomic mass is 19.3. The van der Waals surface area contributed by atoms with Crippen LogP contribution in [0.5, 0.6) is 0 Å². The molecule has 2 N–H and O–H groups in total. The van der Waals surface area contributed by atoms with Gasteiger partial charge in [0.2, 0.25) is 11.7 Å². The third-order valence-corrected chi connectivity index (χ3v) is 5.59. The van der Waals surface area contributed by atoms with E-state index in [0.717, 1.165) is 16.9 Å². The van der Waals surface area contributed by atoms with Crippen LogP contribution in [-0.4, -0.2) is 47.0 Å². The average Bonchev–Trinajstić information content (AvgIpc) is 3.49. The number of carbonyl (C=O) groups excluding carboxylic acids is 1. The second-order valence-electron chi connectivity index (χ2n) is 7.73. The Balaban J connectivity index is 1.63. The Bertz CT molecular complexity index is 1310. The summed E-state index contributed by atoms with van der Waals surface area (Å²) in [5.41, 5.74) is 2.95. The van der Waals surface area contributed by atoms with Gasteiger partial charge in [-0.05, 0) is 32.0 Å². The van der Waals surface area contributed by atoms with Crippen molar-refractivity contribution in [2.24, 2.45) is 0 Å². The summed E-state index contributed by atoms with van der Waals surface area (Å²) in [4.78, 5) is 26.0. The second-order valence-corrected chi connectivity index (χ2v) is 7.73. The molecule has 0 radical (unpaired) electrons. The molecule has 4 aromatic rings. The lowest BCUT2D eigenvalue weighted by atomic mass is 9.99. The van der Waals surface area contributed by atoms with Gasteiger partial charge in [0.25, 0.3) is 12.3 Å². The van der Waals surface area contributed by atoms with Crippen LogP contribution < -0.4 is 0 Å². The van der Waals surface area contributed by atoms with Crippen molar-refractivity contribution in [3.63, 3.8) is 0 Å². The highest BCUT2D eigenvalue weighted by Crippen LogP contribution is 2.36. The highest BCUT2D eigenvalue weighted by Gasteiger charge is 2.40. The SMILES string of the molecule is Cc1cccc2cc([C@@H]3c4nc[nH]c4CCN3C(=O)c3oc([C@H](C)O)nc3C(F)F)nn12. The fraction of sp³-hybridized carbons (Fsp3) is 0.333. The van der Waals surface area contributed by atoms with Crippen LogP contribution >= 0.6 is 0 Å². The van der Waals surface area contributed by atoms with Crippen molar-refractivity contribution in [2.45, 2.75) is 38.8 Å². The Morgan fingerprint density at radius 3 is 2.91 bits per heavy atom. The van der Waals surface area contributed by atoms with Gasteiger partial charge in [0.15, 0.2) is 5.69 Å². The van der Waals surface area contributed by atoms with E-state index in [9.17, 15) is 18.7 Å². The number of rotatable bonds is 4. The zero-order valence-corrected chi connectivity index (χ0v) is 17.3. The molecule has 0 unspecified atom stereocenters. The molecular weight excluding hydrogens is 422 g/mol. The van der Waals surface area contributed by atoms with Crippen LogP contribution in [0.4, 0.5) is 8.78 Å². The topological polar surface area (TPSA) is 113 Å². The molecule has 5 heterocycles. The first kappa shape index (κ1) is 20.3.